The molecule has 0 aromatic rings. The van der Waals surface area contributed by atoms with Crippen molar-refractivity contribution in [3.05, 3.63) is 4.91 Å². The van der Waals surface area contributed by atoms with Gasteiger partial charge in [-0.1, -0.05) is 95.6 Å². The highest BCUT2D eigenvalue weighted by atomic mass is 16.6. The first-order chi connectivity index (χ1) is 20.3. The van der Waals surface area contributed by atoms with E-state index < -0.39 is 12.2 Å². The van der Waals surface area contributed by atoms with Crippen molar-refractivity contribution in [1.82, 2.24) is 0 Å². The topological polar surface area (TPSA) is 126 Å². The SMILES string of the molecule is CCCCCCCCCCC[C@H](O)[C@@H]1CC[C@@H]([C@@H](O)CCCC[C@@H](O)CCCCC[C@@H]2CC(CC(C)N=O)C(=O)O2)O1. The zero-order chi connectivity index (χ0) is 30.6. The Morgan fingerprint density at radius 2 is 1.26 bits per heavy atom. The lowest BCUT2D eigenvalue weighted by molar-refractivity contribution is -0.144. The molecule has 3 N–H and O–H groups in total. The Morgan fingerprint density at radius 1 is 0.762 bits per heavy atom. The van der Waals surface area contributed by atoms with Crippen molar-refractivity contribution in [1.29, 1.82) is 0 Å². The number of cyclic esters (lactones) is 1. The van der Waals surface area contributed by atoms with Crippen molar-refractivity contribution in [3.63, 3.8) is 0 Å². The van der Waals surface area contributed by atoms with Crippen LogP contribution >= 0.6 is 0 Å². The van der Waals surface area contributed by atoms with E-state index in [-0.39, 0.29) is 42.3 Å². The van der Waals surface area contributed by atoms with Crippen LogP contribution in [0.4, 0.5) is 0 Å². The number of esters is 1. The molecule has 2 unspecified atom stereocenters. The van der Waals surface area contributed by atoms with Gasteiger partial charge < -0.3 is 24.8 Å². The number of nitroso groups, excluding NO2 is 1. The molecule has 0 bridgehead atoms. The van der Waals surface area contributed by atoms with Gasteiger partial charge in [-0.25, -0.2) is 0 Å². The number of unbranched alkanes of at least 4 members (excludes halogenated alkanes) is 11. The molecule has 2 aliphatic heterocycles. The third-order valence-electron chi connectivity index (χ3n) is 9.37. The number of carbonyl (C=O) groups is 1. The zero-order valence-corrected chi connectivity index (χ0v) is 26.8. The Morgan fingerprint density at radius 3 is 1.86 bits per heavy atom. The normalized spacial score (nSPS) is 25.3. The minimum absolute atomic E-state index is 0.0557. The summed E-state index contributed by atoms with van der Waals surface area (Å²) < 4.78 is 11.5. The van der Waals surface area contributed by atoms with Gasteiger partial charge in [0.2, 0.25) is 0 Å². The van der Waals surface area contributed by atoms with Gasteiger partial charge in [-0.05, 0) is 71.1 Å². The zero-order valence-electron chi connectivity index (χ0n) is 26.8. The molecule has 0 amide bonds. The van der Waals surface area contributed by atoms with Crippen LogP contribution in [-0.4, -0.2) is 64.0 Å². The molecule has 0 aromatic carbocycles. The molecule has 2 fully saturated rings. The fourth-order valence-corrected chi connectivity index (χ4v) is 6.64. The predicted molar refractivity (Wildman–Crippen MR) is 167 cm³/mol. The average Bonchev–Trinajstić information content (AvgIpc) is 3.61. The molecule has 2 aliphatic rings. The van der Waals surface area contributed by atoms with Gasteiger partial charge in [-0.3, -0.25) is 4.79 Å². The highest BCUT2D eigenvalue weighted by Gasteiger charge is 2.35. The monoisotopic (exact) mass is 597 g/mol. The van der Waals surface area contributed by atoms with Gasteiger partial charge >= 0.3 is 5.97 Å². The second kappa shape index (κ2) is 22.4. The first kappa shape index (κ1) is 37.1. The number of nitrogens with zero attached hydrogens (tertiary/aromatic N) is 1. The van der Waals surface area contributed by atoms with E-state index in [2.05, 4.69) is 12.1 Å². The first-order valence-corrected chi connectivity index (χ1v) is 17.6. The molecule has 0 radical (unpaired) electrons. The van der Waals surface area contributed by atoms with E-state index in [0.29, 0.717) is 19.3 Å². The summed E-state index contributed by atoms with van der Waals surface area (Å²) in [5, 5.41) is 34.5. The van der Waals surface area contributed by atoms with E-state index >= 15 is 0 Å². The summed E-state index contributed by atoms with van der Waals surface area (Å²) in [4.78, 5) is 22.6. The quantitative estimate of drug-likeness (QED) is 0.0535. The average molecular weight is 598 g/mol. The van der Waals surface area contributed by atoms with Crippen molar-refractivity contribution in [3.8, 4) is 0 Å². The maximum Gasteiger partial charge on any atom is 0.309 e. The second-order valence-corrected chi connectivity index (χ2v) is 13.3. The van der Waals surface area contributed by atoms with Crippen LogP contribution < -0.4 is 0 Å². The summed E-state index contributed by atoms with van der Waals surface area (Å²) in [5.74, 6) is -0.400. The number of aliphatic hydroxyl groups excluding tert-OH is 3. The summed E-state index contributed by atoms with van der Waals surface area (Å²) in [5.41, 5.74) is 0. The number of hydrogen-bond donors (Lipinski definition) is 3. The summed E-state index contributed by atoms with van der Waals surface area (Å²) in [6.07, 6.45) is 21.0. The van der Waals surface area contributed by atoms with Gasteiger partial charge in [-0.2, -0.15) is 4.91 Å². The van der Waals surface area contributed by atoms with Crippen LogP contribution in [0, 0.1) is 10.8 Å². The largest absolute Gasteiger partial charge is 0.462 e. The Labute approximate surface area is 255 Å². The van der Waals surface area contributed by atoms with Crippen LogP contribution in [0.3, 0.4) is 0 Å². The second-order valence-electron chi connectivity index (χ2n) is 13.3. The Bertz CT molecular complexity index is 707. The Kier molecular flexibility index (Phi) is 19.8. The van der Waals surface area contributed by atoms with Crippen molar-refractivity contribution in [2.75, 3.05) is 0 Å². The molecule has 0 aliphatic carbocycles. The molecular weight excluding hydrogens is 534 g/mol. The molecule has 0 saturated carbocycles. The number of carbonyl (C=O) groups excluding carboxylic acids is 1. The third-order valence-corrected chi connectivity index (χ3v) is 9.37. The van der Waals surface area contributed by atoms with Crippen LogP contribution in [0.1, 0.15) is 162 Å². The number of hydrogen-bond acceptors (Lipinski definition) is 8. The van der Waals surface area contributed by atoms with Gasteiger partial charge in [0.25, 0.3) is 0 Å². The van der Waals surface area contributed by atoms with Crippen molar-refractivity contribution in [2.24, 2.45) is 11.1 Å². The van der Waals surface area contributed by atoms with Crippen LogP contribution in [0.25, 0.3) is 0 Å². The molecule has 8 atom stereocenters. The van der Waals surface area contributed by atoms with Gasteiger partial charge in [0, 0.05) is 0 Å². The summed E-state index contributed by atoms with van der Waals surface area (Å²) in [6.45, 7) is 3.98. The highest BCUT2D eigenvalue weighted by Crippen LogP contribution is 2.30. The van der Waals surface area contributed by atoms with Crippen LogP contribution in [0.5, 0.6) is 0 Å². The van der Waals surface area contributed by atoms with Crippen molar-refractivity contribution < 1.29 is 29.6 Å². The van der Waals surface area contributed by atoms with Crippen LogP contribution in [-0.2, 0) is 14.3 Å². The Hall–Kier alpha value is -1.09. The molecular formula is C34H63NO7. The number of aliphatic hydroxyl groups is 3. The molecule has 2 saturated heterocycles. The van der Waals surface area contributed by atoms with Crippen molar-refractivity contribution in [2.45, 2.75) is 204 Å². The third kappa shape index (κ3) is 15.6. The highest BCUT2D eigenvalue weighted by molar-refractivity contribution is 5.74. The Balaban J connectivity index is 1.43. The van der Waals surface area contributed by atoms with E-state index in [9.17, 15) is 25.0 Å². The van der Waals surface area contributed by atoms with Crippen LogP contribution in [0.15, 0.2) is 5.18 Å². The minimum atomic E-state index is -0.505. The van der Waals surface area contributed by atoms with E-state index in [4.69, 9.17) is 9.47 Å². The van der Waals surface area contributed by atoms with Crippen LogP contribution in [0.2, 0.25) is 0 Å². The van der Waals surface area contributed by atoms with Gasteiger partial charge in [0.15, 0.2) is 0 Å². The lowest BCUT2D eigenvalue weighted by atomic mass is 9.95. The smallest absolute Gasteiger partial charge is 0.309 e. The standard InChI is InChI=1S/C34H63NO7/c1-3-4-5-6-7-8-9-10-14-20-30(37)32-22-23-33(42-32)31(38)21-16-15-18-28(36)17-12-11-13-19-29-25-27(34(39)41-29)24-26(2)35-40/h26-33,36-38H,3-25H2,1-2H3/t26?,27?,28-,29+,30-,31-,32-,33-/m0/s1. The molecule has 8 nitrogen and oxygen atoms in total. The molecule has 42 heavy (non-hydrogen) atoms. The summed E-state index contributed by atoms with van der Waals surface area (Å²) in [7, 11) is 0. The minimum Gasteiger partial charge on any atom is -0.462 e. The molecule has 8 heteroatoms. The van der Waals surface area contributed by atoms with E-state index in [0.717, 1.165) is 77.0 Å². The fraction of sp³-hybridized carbons (Fsp3) is 0.971. The lowest BCUT2D eigenvalue weighted by Crippen LogP contribution is -2.31. The molecule has 2 heterocycles. The molecule has 0 spiro atoms. The molecule has 2 rings (SSSR count). The van der Waals surface area contributed by atoms with E-state index in [1.54, 1.807) is 6.92 Å². The maximum absolute atomic E-state index is 12.0. The fourth-order valence-electron chi connectivity index (χ4n) is 6.64. The predicted octanol–water partition coefficient (Wildman–Crippen LogP) is 7.53. The number of ether oxygens (including phenoxy) is 2. The van der Waals surface area contributed by atoms with Gasteiger partial charge in [-0.15, -0.1) is 0 Å². The summed E-state index contributed by atoms with van der Waals surface area (Å²) in [6, 6.07) is -0.354. The molecule has 246 valence electrons. The maximum atomic E-state index is 12.0. The van der Waals surface area contributed by atoms with Gasteiger partial charge in [0.05, 0.1) is 42.5 Å². The number of rotatable bonds is 26. The van der Waals surface area contributed by atoms with Crippen molar-refractivity contribution >= 4 is 5.97 Å². The van der Waals surface area contributed by atoms with Gasteiger partial charge in [0.1, 0.15) is 6.10 Å². The first-order valence-electron chi connectivity index (χ1n) is 17.6. The lowest BCUT2D eigenvalue weighted by Gasteiger charge is -2.22. The summed E-state index contributed by atoms with van der Waals surface area (Å²) >= 11 is 0. The van der Waals surface area contributed by atoms with E-state index in [1.165, 1.54) is 51.4 Å². The molecule has 0 aromatic heterocycles. The van der Waals surface area contributed by atoms with E-state index in [1.807, 2.05) is 0 Å².